The third-order valence-corrected chi connectivity index (χ3v) is 7.22. The molecular formula is C17H23N5O3S2. The molecule has 2 heterocycles. The van der Waals surface area contributed by atoms with E-state index in [1.54, 1.807) is 35.4 Å². The molecule has 1 aromatic heterocycles. The van der Waals surface area contributed by atoms with E-state index < -0.39 is 16.2 Å². The summed E-state index contributed by atoms with van der Waals surface area (Å²) in [6, 6.07) is 6.80. The van der Waals surface area contributed by atoms with Gasteiger partial charge in [-0.2, -0.15) is 14.6 Å². The highest BCUT2D eigenvalue weighted by Gasteiger charge is 2.43. The first-order valence-electron chi connectivity index (χ1n) is 8.67. The number of nitrogens with zero attached hydrogens (tertiary/aromatic N) is 4. The molecule has 1 amide bonds. The second-order valence-corrected chi connectivity index (χ2v) is 9.66. The van der Waals surface area contributed by atoms with Crippen LogP contribution in [0.3, 0.4) is 0 Å². The van der Waals surface area contributed by atoms with Crippen LogP contribution in [-0.4, -0.2) is 63.9 Å². The van der Waals surface area contributed by atoms with E-state index in [-0.39, 0.29) is 22.5 Å². The molecule has 1 aliphatic heterocycles. The Kier molecular flexibility index (Phi) is 5.87. The minimum atomic E-state index is -3.67. The lowest BCUT2D eigenvalue weighted by molar-refractivity contribution is -0.130. The predicted octanol–water partition coefficient (Wildman–Crippen LogP) is 1.72. The van der Waals surface area contributed by atoms with Crippen molar-refractivity contribution in [3.63, 3.8) is 0 Å². The van der Waals surface area contributed by atoms with Crippen molar-refractivity contribution >= 4 is 27.7 Å². The Balaban J connectivity index is 1.79. The van der Waals surface area contributed by atoms with Gasteiger partial charge in [0.1, 0.15) is 11.2 Å². The van der Waals surface area contributed by atoms with Crippen molar-refractivity contribution in [2.24, 2.45) is 5.92 Å². The maximum atomic E-state index is 13.1. The van der Waals surface area contributed by atoms with Gasteiger partial charge in [-0.3, -0.25) is 4.79 Å². The number of hydrogen-bond donors (Lipinski definition) is 1. The molecule has 1 aromatic carbocycles. The molecule has 0 aliphatic carbocycles. The number of aromatic amines is 1. The van der Waals surface area contributed by atoms with Crippen molar-refractivity contribution in [2.75, 3.05) is 18.8 Å². The van der Waals surface area contributed by atoms with Gasteiger partial charge in [-0.1, -0.05) is 43.3 Å². The van der Waals surface area contributed by atoms with Gasteiger partial charge in [-0.05, 0) is 25.0 Å². The number of benzene rings is 1. The molecule has 0 unspecified atom stereocenters. The van der Waals surface area contributed by atoms with Crippen molar-refractivity contribution in [2.45, 2.75) is 36.9 Å². The van der Waals surface area contributed by atoms with Crippen LogP contribution in [0.5, 0.6) is 0 Å². The molecule has 0 bridgehead atoms. The highest BCUT2D eigenvalue weighted by Crippen LogP contribution is 2.29. The van der Waals surface area contributed by atoms with Crippen LogP contribution in [0.1, 0.15) is 19.4 Å². The summed E-state index contributed by atoms with van der Waals surface area (Å²) < 4.78 is 27.7. The van der Waals surface area contributed by atoms with Gasteiger partial charge in [-0.15, -0.1) is 5.10 Å². The summed E-state index contributed by atoms with van der Waals surface area (Å²) in [5.74, 6) is 0.0470. The fourth-order valence-electron chi connectivity index (χ4n) is 3.18. The third kappa shape index (κ3) is 4.17. The molecule has 0 spiro atoms. The van der Waals surface area contributed by atoms with E-state index >= 15 is 0 Å². The summed E-state index contributed by atoms with van der Waals surface area (Å²) >= 11 is 1.28. The molecule has 1 fully saturated rings. The van der Waals surface area contributed by atoms with Gasteiger partial charge >= 0.3 is 0 Å². The number of rotatable bonds is 6. The SMILES string of the molecule is Cc1ccc(S(=O)(=O)N2CCN(C(=O)CSc3cn[nH]n3)[C@H]2C(C)C)cc1. The largest absolute Gasteiger partial charge is 0.324 e. The molecule has 146 valence electrons. The van der Waals surface area contributed by atoms with Crippen molar-refractivity contribution < 1.29 is 13.2 Å². The van der Waals surface area contributed by atoms with E-state index in [1.807, 2.05) is 20.8 Å². The summed E-state index contributed by atoms with van der Waals surface area (Å²) in [5, 5.41) is 10.8. The average molecular weight is 410 g/mol. The number of hydrogen-bond acceptors (Lipinski definition) is 6. The molecule has 0 radical (unpaired) electrons. The number of thioether (sulfide) groups is 1. The van der Waals surface area contributed by atoms with Crippen molar-refractivity contribution in [3.8, 4) is 0 Å². The fourth-order valence-corrected chi connectivity index (χ4v) is 5.56. The molecule has 3 rings (SSSR count). The third-order valence-electron chi connectivity index (χ3n) is 4.46. The van der Waals surface area contributed by atoms with Crippen LogP contribution in [0.15, 0.2) is 40.4 Å². The lowest BCUT2D eigenvalue weighted by Gasteiger charge is -2.32. The van der Waals surface area contributed by atoms with E-state index in [0.717, 1.165) is 5.56 Å². The number of sulfonamides is 1. The second-order valence-electron chi connectivity index (χ2n) is 6.77. The summed E-state index contributed by atoms with van der Waals surface area (Å²) in [4.78, 5) is 14.6. The topological polar surface area (TPSA) is 99.3 Å². The second kappa shape index (κ2) is 7.99. The van der Waals surface area contributed by atoms with Gasteiger partial charge in [0.15, 0.2) is 0 Å². The van der Waals surface area contributed by atoms with Crippen LogP contribution in [0.2, 0.25) is 0 Å². The summed E-state index contributed by atoms with van der Waals surface area (Å²) in [7, 11) is -3.67. The molecule has 1 aliphatic rings. The summed E-state index contributed by atoms with van der Waals surface area (Å²) in [6.07, 6.45) is 1.05. The van der Waals surface area contributed by atoms with E-state index in [0.29, 0.717) is 18.1 Å². The lowest BCUT2D eigenvalue weighted by atomic mass is 10.1. The van der Waals surface area contributed by atoms with Crippen LogP contribution >= 0.6 is 11.8 Å². The van der Waals surface area contributed by atoms with Crippen molar-refractivity contribution in [1.82, 2.24) is 24.6 Å². The zero-order valence-electron chi connectivity index (χ0n) is 15.5. The highest BCUT2D eigenvalue weighted by atomic mass is 32.2. The van der Waals surface area contributed by atoms with E-state index in [1.165, 1.54) is 16.1 Å². The highest BCUT2D eigenvalue weighted by molar-refractivity contribution is 7.99. The number of H-pyrrole nitrogens is 1. The minimum Gasteiger partial charge on any atom is -0.324 e. The van der Waals surface area contributed by atoms with Crippen LogP contribution in [0, 0.1) is 12.8 Å². The number of carbonyl (C=O) groups is 1. The molecule has 1 saturated heterocycles. The lowest BCUT2D eigenvalue weighted by Crippen LogP contribution is -2.48. The van der Waals surface area contributed by atoms with Gasteiger partial charge in [0, 0.05) is 13.1 Å². The van der Waals surface area contributed by atoms with E-state index in [4.69, 9.17) is 0 Å². The van der Waals surface area contributed by atoms with Crippen LogP contribution in [0.4, 0.5) is 0 Å². The Morgan fingerprint density at radius 1 is 1.30 bits per heavy atom. The Labute approximate surface area is 163 Å². The molecule has 1 N–H and O–H groups in total. The molecule has 0 saturated carbocycles. The monoisotopic (exact) mass is 409 g/mol. The number of aromatic nitrogens is 3. The standard InChI is InChI=1S/C17H23N5O3S2/c1-12(2)17-21(16(23)11-26-15-10-18-20-19-15)8-9-22(17)27(24,25)14-6-4-13(3)5-7-14/h4-7,10,12,17H,8-9,11H2,1-3H3,(H,18,19,20)/t17-/m1/s1. The number of amides is 1. The molecule has 10 heteroatoms. The number of carbonyl (C=O) groups excluding carboxylic acids is 1. The molecular weight excluding hydrogens is 386 g/mol. The zero-order valence-corrected chi connectivity index (χ0v) is 17.1. The zero-order chi connectivity index (χ0) is 19.6. The molecule has 8 nitrogen and oxygen atoms in total. The van der Waals surface area contributed by atoms with Crippen molar-refractivity contribution in [1.29, 1.82) is 0 Å². The summed E-state index contributed by atoms with van der Waals surface area (Å²) in [6.45, 7) is 6.44. The fraction of sp³-hybridized carbons (Fsp3) is 0.471. The van der Waals surface area contributed by atoms with E-state index in [2.05, 4.69) is 15.4 Å². The quantitative estimate of drug-likeness (QED) is 0.730. The maximum absolute atomic E-state index is 13.1. The molecule has 27 heavy (non-hydrogen) atoms. The van der Waals surface area contributed by atoms with Crippen LogP contribution in [0.25, 0.3) is 0 Å². The first-order chi connectivity index (χ1) is 12.8. The molecule has 2 aromatic rings. The van der Waals surface area contributed by atoms with Gasteiger partial charge in [0.05, 0.1) is 16.8 Å². The Hall–Kier alpha value is -1.91. The van der Waals surface area contributed by atoms with Gasteiger partial charge in [0.25, 0.3) is 0 Å². The minimum absolute atomic E-state index is 0.0336. The average Bonchev–Trinajstić information content (AvgIpc) is 3.30. The Morgan fingerprint density at radius 2 is 2.00 bits per heavy atom. The predicted molar refractivity (Wildman–Crippen MR) is 103 cm³/mol. The van der Waals surface area contributed by atoms with Crippen LogP contribution in [-0.2, 0) is 14.8 Å². The normalized spacial score (nSPS) is 18.4. The van der Waals surface area contributed by atoms with Gasteiger partial charge in [0.2, 0.25) is 15.9 Å². The van der Waals surface area contributed by atoms with Crippen LogP contribution < -0.4 is 0 Å². The number of nitrogens with one attached hydrogen (secondary N) is 1. The smallest absolute Gasteiger partial charge is 0.244 e. The van der Waals surface area contributed by atoms with Gasteiger partial charge in [-0.25, -0.2) is 8.42 Å². The summed E-state index contributed by atoms with van der Waals surface area (Å²) in [5.41, 5.74) is 0.998. The molecule has 1 atom stereocenters. The first kappa shape index (κ1) is 19.8. The van der Waals surface area contributed by atoms with Gasteiger partial charge < -0.3 is 4.90 Å². The maximum Gasteiger partial charge on any atom is 0.244 e. The number of aryl methyl sites for hydroxylation is 1. The Morgan fingerprint density at radius 3 is 2.59 bits per heavy atom. The van der Waals surface area contributed by atoms with E-state index in [9.17, 15) is 13.2 Å². The Bertz CT molecular complexity index is 882. The first-order valence-corrected chi connectivity index (χ1v) is 11.1. The van der Waals surface area contributed by atoms with Crippen molar-refractivity contribution in [3.05, 3.63) is 36.0 Å².